The highest BCUT2D eigenvalue weighted by atomic mass is 19.4. The molecule has 0 aliphatic carbocycles. The number of likely N-dealkylation sites (N-methyl/N-ethyl adjacent to an activating group) is 1. The first-order chi connectivity index (χ1) is 15.6. The predicted octanol–water partition coefficient (Wildman–Crippen LogP) is 4.11. The van der Waals surface area contributed by atoms with Crippen LogP contribution >= 0.6 is 0 Å². The second-order valence-corrected chi connectivity index (χ2v) is 9.15. The Hall–Kier alpha value is -2.52. The lowest BCUT2D eigenvalue weighted by atomic mass is 9.81. The minimum absolute atomic E-state index is 0. The molecule has 1 fully saturated rings. The highest BCUT2D eigenvalue weighted by Gasteiger charge is 2.47. The predicted molar refractivity (Wildman–Crippen MR) is 119 cm³/mol. The van der Waals surface area contributed by atoms with Gasteiger partial charge in [-0.2, -0.15) is 13.2 Å². The molecule has 0 atom stereocenters. The van der Waals surface area contributed by atoms with Crippen LogP contribution in [0.15, 0.2) is 30.3 Å². The molecule has 4 rings (SSSR count). The van der Waals surface area contributed by atoms with Crippen molar-refractivity contribution in [2.75, 3.05) is 26.7 Å². The third-order valence-corrected chi connectivity index (χ3v) is 6.86. The van der Waals surface area contributed by atoms with Crippen LogP contribution in [0.25, 0.3) is 0 Å². The molecule has 1 aromatic carbocycles. The molecule has 2 aliphatic rings. The number of aliphatic hydroxyl groups excluding tert-OH is 1. The second-order valence-electron chi connectivity index (χ2n) is 9.15. The van der Waals surface area contributed by atoms with Crippen LogP contribution < -0.4 is 4.74 Å². The van der Waals surface area contributed by atoms with E-state index < -0.39 is 17.4 Å². The summed E-state index contributed by atoms with van der Waals surface area (Å²) in [6.45, 7) is 5.24. The van der Waals surface area contributed by atoms with Gasteiger partial charge < -0.3 is 19.3 Å². The molecule has 1 N–H and O–H groups in total. The zero-order valence-corrected chi connectivity index (χ0v) is 19.2. The monoisotopic (exact) mass is 467 g/mol. The maximum Gasteiger partial charge on any atom is 0.431 e. The molecule has 6 nitrogen and oxygen atoms in total. The zero-order chi connectivity index (χ0) is 24.0. The Morgan fingerprint density at radius 3 is 2.45 bits per heavy atom. The third-order valence-electron chi connectivity index (χ3n) is 6.86. The lowest BCUT2D eigenvalue weighted by molar-refractivity contribution is -0.144. The van der Waals surface area contributed by atoms with E-state index in [4.69, 9.17) is 4.74 Å². The number of alkyl halides is 3. The molecule has 2 aromatic rings. The minimum Gasteiger partial charge on any atom is -0.491 e. The van der Waals surface area contributed by atoms with Gasteiger partial charge in [0.05, 0.1) is 18.2 Å². The highest BCUT2D eigenvalue weighted by molar-refractivity contribution is 5.94. The molecule has 1 amide bonds. The van der Waals surface area contributed by atoms with Crippen LogP contribution in [-0.2, 0) is 24.9 Å². The van der Waals surface area contributed by atoms with E-state index in [-0.39, 0.29) is 20.0 Å². The quantitative estimate of drug-likeness (QED) is 0.736. The SMILES string of the molecule is CC(C)Oc1ccc(C(=O)N2CCC3(CC2)c2ccc(C(F)(F)F)n2CCN3C)cc1CO.[HH]. The van der Waals surface area contributed by atoms with Crippen LogP contribution in [0.1, 0.15) is 55.4 Å². The van der Waals surface area contributed by atoms with E-state index >= 15 is 0 Å². The number of hydrogen-bond acceptors (Lipinski definition) is 4. The van der Waals surface area contributed by atoms with Crippen LogP contribution in [-0.4, -0.2) is 58.2 Å². The summed E-state index contributed by atoms with van der Waals surface area (Å²) in [5.74, 6) is 0.396. The van der Waals surface area contributed by atoms with Crippen molar-refractivity contribution in [3.63, 3.8) is 0 Å². The Labute approximate surface area is 193 Å². The van der Waals surface area contributed by atoms with E-state index in [1.165, 1.54) is 10.6 Å². The summed E-state index contributed by atoms with van der Waals surface area (Å²) in [4.78, 5) is 17.0. The first kappa shape index (κ1) is 23.6. The van der Waals surface area contributed by atoms with E-state index in [9.17, 15) is 23.1 Å². The number of piperidine rings is 1. The van der Waals surface area contributed by atoms with Gasteiger partial charge in [0.1, 0.15) is 11.4 Å². The summed E-state index contributed by atoms with van der Waals surface area (Å²) < 4.78 is 47.5. The third kappa shape index (κ3) is 4.24. The number of aromatic nitrogens is 1. The number of nitrogens with zero attached hydrogens (tertiary/aromatic N) is 3. The van der Waals surface area contributed by atoms with E-state index in [0.717, 1.165) is 0 Å². The fourth-order valence-corrected chi connectivity index (χ4v) is 5.13. The maximum atomic E-state index is 13.5. The molecule has 0 radical (unpaired) electrons. The van der Waals surface area contributed by atoms with Gasteiger partial charge in [-0.05, 0) is 64.1 Å². The number of carbonyl (C=O) groups is 1. The second kappa shape index (κ2) is 8.68. The first-order valence-electron chi connectivity index (χ1n) is 11.2. The van der Waals surface area contributed by atoms with Crippen molar-refractivity contribution in [3.8, 4) is 5.75 Å². The number of likely N-dealkylation sites (tertiary alicyclic amines) is 1. The van der Waals surface area contributed by atoms with Crippen LogP contribution in [0.3, 0.4) is 0 Å². The summed E-state index contributed by atoms with van der Waals surface area (Å²) in [5.41, 5.74) is 0.555. The topological polar surface area (TPSA) is 57.9 Å². The summed E-state index contributed by atoms with van der Waals surface area (Å²) in [7, 11) is 1.95. The maximum absolute atomic E-state index is 13.5. The van der Waals surface area contributed by atoms with Gasteiger partial charge >= 0.3 is 6.18 Å². The first-order valence-corrected chi connectivity index (χ1v) is 11.2. The van der Waals surface area contributed by atoms with Crippen molar-refractivity contribution in [3.05, 3.63) is 52.8 Å². The van der Waals surface area contributed by atoms with Gasteiger partial charge in [-0.25, -0.2) is 0 Å². The summed E-state index contributed by atoms with van der Waals surface area (Å²) in [5, 5.41) is 9.70. The molecule has 0 saturated carbocycles. The molecule has 0 bridgehead atoms. The molecule has 1 aromatic heterocycles. The van der Waals surface area contributed by atoms with Crippen LogP contribution in [0.4, 0.5) is 13.2 Å². The highest BCUT2D eigenvalue weighted by Crippen LogP contribution is 2.44. The minimum atomic E-state index is -4.39. The molecule has 9 heteroatoms. The Bertz CT molecular complexity index is 1030. The number of ether oxygens (including phenoxy) is 1. The Balaban J connectivity index is 0.00000324. The van der Waals surface area contributed by atoms with E-state index in [1.807, 2.05) is 20.9 Å². The molecule has 33 heavy (non-hydrogen) atoms. The fraction of sp³-hybridized carbons (Fsp3) is 0.542. The molecule has 0 unspecified atom stereocenters. The number of fused-ring (bicyclic) bond motifs is 2. The van der Waals surface area contributed by atoms with Crippen LogP contribution in [0, 0.1) is 0 Å². The number of amides is 1. The van der Waals surface area contributed by atoms with Crippen LogP contribution in [0.5, 0.6) is 5.75 Å². The Kier molecular flexibility index (Phi) is 6.22. The molecule has 1 spiro atoms. The summed E-state index contributed by atoms with van der Waals surface area (Å²) >= 11 is 0. The number of aliphatic hydroxyl groups is 1. The van der Waals surface area contributed by atoms with Gasteiger partial charge in [-0.15, -0.1) is 0 Å². The van der Waals surface area contributed by atoms with Crippen molar-refractivity contribution in [1.82, 2.24) is 14.4 Å². The fourth-order valence-electron chi connectivity index (χ4n) is 5.13. The van der Waals surface area contributed by atoms with E-state index in [1.54, 1.807) is 29.2 Å². The average Bonchev–Trinajstić information content (AvgIpc) is 3.22. The van der Waals surface area contributed by atoms with Gasteiger partial charge in [0.2, 0.25) is 0 Å². The molecule has 2 aliphatic heterocycles. The molecule has 3 heterocycles. The summed E-state index contributed by atoms with van der Waals surface area (Å²) in [6.07, 6.45) is -3.34. The van der Waals surface area contributed by atoms with Gasteiger partial charge in [-0.3, -0.25) is 9.69 Å². The molecular formula is C24H32F3N3O3. The number of carbonyl (C=O) groups excluding carboxylic acids is 1. The van der Waals surface area contributed by atoms with E-state index in [0.29, 0.717) is 61.6 Å². The van der Waals surface area contributed by atoms with Gasteiger partial charge in [-0.1, -0.05) is 0 Å². The standard InChI is InChI=1S/C24H30F3N3O3.H2/c1-16(2)33-19-5-4-17(14-18(19)15-31)22(32)29-10-8-23(9-11-29)20-6-7-21(24(25,26)27)30(20)13-12-28(23)3;/h4-7,14,16,31H,8-13,15H2,1-3H3;1H. The van der Waals surface area contributed by atoms with Crippen molar-refractivity contribution >= 4 is 5.91 Å². The van der Waals surface area contributed by atoms with Crippen LogP contribution in [0.2, 0.25) is 0 Å². The number of halogens is 3. The van der Waals surface area contributed by atoms with Gasteiger partial charge in [0.25, 0.3) is 5.91 Å². The van der Waals surface area contributed by atoms with Crippen molar-refractivity contribution in [2.45, 2.75) is 57.7 Å². The number of benzene rings is 1. The Morgan fingerprint density at radius 1 is 1.15 bits per heavy atom. The van der Waals surface area contributed by atoms with Crippen molar-refractivity contribution in [2.24, 2.45) is 0 Å². The largest absolute Gasteiger partial charge is 0.491 e. The molecule has 182 valence electrons. The molecular weight excluding hydrogens is 435 g/mol. The van der Waals surface area contributed by atoms with Gasteiger partial charge in [0.15, 0.2) is 0 Å². The van der Waals surface area contributed by atoms with Gasteiger partial charge in [0, 0.05) is 44.4 Å². The average molecular weight is 468 g/mol. The lowest BCUT2D eigenvalue weighted by Gasteiger charge is -2.50. The normalized spacial score (nSPS) is 18.6. The number of rotatable bonds is 4. The smallest absolute Gasteiger partial charge is 0.431 e. The van der Waals surface area contributed by atoms with Crippen molar-refractivity contribution in [1.29, 1.82) is 0 Å². The zero-order valence-electron chi connectivity index (χ0n) is 19.2. The number of hydrogen-bond donors (Lipinski definition) is 1. The van der Waals surface area contributed by atoms with E-state index in [2.05, 4.69) is 4.90 Å². The lowest BCUT2D eigenvalue weighted by Crippen LogP contribution is -2.56. The van der Waals surface area contributed by atoms with Crippen molar-refractivity contribution < 1.29 is 29.2 Å². The molecule has 1 saturated heterocycles. The Morgan fingerprint density at radius 2 is 1.85 bits per heavy atom. The summed E-state index contributed by atoms with van der Waals surface area (Å²) in [6, 6.07) is 7.81.